The molecular weight excluding hydrogens is 488 g/mol. The molecule has 39 heavy (non-hydrogen) atoms. The van der Waals surface area contributed by atoms with Crippen molar-refractivity contribution >= 4 is 53.1 Å². The topological polar surface area (TPSA) is 0 Å². The van der Waals surface area contributed by atoms with Crippen molar-refractivity contribution in [3.05, 3.63) is 146 Å². The fourth-order valence-electron chi connectivity index (χ4n) is 6.10. The summed E-state index contributed by atoms with van der Waals surface area (Å²) < 4.78 is 2.67. The second-order valence-corrected chi connectivity index (χ2v) is 11.2. The van der Waals surface area contributed by atoms with Crippen LogP contribution >= 0.6 is 11.3 Å². The van der Waals surface area contributed by atoms with E-state index >= 15 is 0 Å². The number of rotatable bonds is 3. The van der Waals surface area contributed by atoms with Gasteiger partial charge in [0, 0.05) is 20.2 Å². The maximum absolute atomic E-state index is 2.40. The van der Waals surface area contributed by atoms with E-state index in [2.05, 4.69) is 146 Å². The van der Waals surface area contributed by atoms with Crippen molar-refractivity contribution in [2.24, 2.45) is 0 Å². The summed E-state index contributed by atoms with van der Waals surface area (Å²) >= 11 is 1.88. The van der Waals surface area contributed by atoms with Crippen molar-refractivity contribution in [3.63, 3.8) is 0 Å². The molecule has 0 unspecified atom stereocenters. The number of thiophene rings is 1. The van der Waals surface area contributed by atoms with Crippen LogP contribution in [-0.4, -0.2) is 0 Å². The molecule has 0 aliphatic rings. The third-order valence-electron chi connectivity index (χ3n) is 7.86. The molecule has 0 saturated heterocycles. The molecule has 0 bridgehead atoms. The molecule has 0 radical (unpaired) electrons. The molecule has 1 heterocycles. The van der Waals surface area contributed by atoms with Gasteiger partial charge in [0.05, 0.1) is 0 Å². The van der Waals surface area contributed by atoms with E-state index in [9.17, 15) is 0 Å². The minimum absolute atomic E-state index is 1.24. The summed E-state index contributed by atoms with van der Waals surface area (Å²) in [7, 11) is 0. The van der Waals surface area contributed by atoms with Crippen LogP contribution in [-0.2, 0) is 0 Å². The third kappa shape index (κ3) is 3.59. The van der Waals surface area contributed by atoms with Crippen LogP contribution in [0.1, 0.15) is 0 Å². The summed E-state index contributed by atoms with van der Waals surface area (Å²) in [5, 5.41) is 7.81. The molecule has 0 atom stereocenters. The van der Waals surface area contributed by atoms with Crippen LogP contribution in [0, 0.1) is 0 Å². The molecule has 0 amide bonds. The van der Waals surface area contributed by atoms with Crippen molar-refractivity contribution in [2.75, 3.05) is 0 Å². The first kappa shape index (κ1) is 22.3. The molecule has 182 valence electrons. The maximum Gasteiger partial charge on any atom is 0.0361 e. The van der Waals surface area contributed by atoms with E-state index in [4.69, 9.17) is 0 Å². The minimum atomic E-state index is 1.24. The average Bonchev–Trinajstić information content (AvgIpc) is 3.38. The molecular formula is C38H24S. The Morgan fingerprint density at radius 3 is 1.54 bits per heavy atom. The Morgan fingerprint density at radius 1 is 0.282 bits per heavy atom. The van der Waals surface area contributed by atoms with Crippen LogP contribution in [0.3, 0.4) is 0 Å². The van der Waals surface area contributed by atoms with E-state index in [0.717, 1.165) is 0 Å². The van der Waals surface area contributed by atoms with Gasteiger partial charge >= 0.3 is 0 Å². The zero-order valence-corrected chi connectivity index (χ0v) is 22.1. The summed E-state index contributed by atoms with van der Waals surface area (Å²) in [6.45, 7) is 0. The summed E-state index contributed by atoms with van der Waals surface area (Å²) in [5.41, 5.74) is 7.59. The van der Waals surface area contributed by atoms with Crippen molar-refractivity contribution in [1.29, 1.82) is 0 Å². The Bertz CT molecular complexity index is 2150. The van der Waals surface area contributed by atoms with Crippen molar-refractivity contribution in [2.45, 2.75) is 0 Å². The highest BCUT2D eigenvalue weighted by Gasteiger charge is 2.18. The SMILES string of the molecule is c1ccc(-c2ccc3c(-c4ccccc4)c4ccccc4c(-c4ccc5c(c4)sc4ccccc45)c3c2)cc1. The van der Waals surface area contributed by atoms with Crippen molar-refractivity contribution in [3.8, 4) is 33.4 Å². The Kier molecular flexibility index (Phi) is 5.11. The Morgan fingerprint density at radius 2 is 0.795 bits per heavy atom. The zero-order valence-electron chi connectivity index (χ0n) is 21.3. The van der Waals surface area contributed by atoms with Gasteiger partial charge in [-0.25, -0.2) is 0 Å². The lowest BCUT2D eigenvalue weighted by Crippen LogP contribution is -1.91. The first-order valence-corrected chi connectivity index (χ1v) is 14.2. The molecule has 1 heteroatoms. The van der Waals surface area contributed by atoms with Crippen LogP contribution in [0.5, 0.6) is 0 Å². The van der Waals surface area contributed by atoms with Gasteiger partial charge in [0.2, 0.25) is 0 Å². The van der Waals surface area contributed by atoms with Crippen LogP contribution in [0.2, 0.25) is 0 Å². The fourth-order valence-corrected chi connectivity index (χ4v) is 7.24. The number of hydrogen-bond acceptors (Lipinski definition) is 1. The smallest absolute Gasteiger partial charge is 0.0361 e. The van der Waals surface area contributed by atoms with Gasteiger partial charge in [-0.1, -0.05) is 127 Å². The molecule has 0 nitrogen and oxygen atoms in total. The van der Waals surface area contributed by atoms with Crippen molar-refractivity contribution < 1.29 is 0 Å². The summed E-state index contributed by atoms with van der Waals surface area (Å²) in [6, 6.07) is 53.2. The second-order valence-electron chi connectivity index (χ2n) is 10.1. The van der Waals surface area contributed by atoms with E-state index in [1.54, 1.807) is 0 Å². The lowest BCUT2D eigenvalue weighted by atomic mass is 9.85. The highest BCUT2D eigenvalue weighted by atomic mass is 32.1. The maximum atomic E-state index is 2.40. The normalized spacial score (nSPS) is 11.6. The minimum Gasteiger partial charge on any atom is -0.135 e. The number of fused-ring (bicyclic) bond motifs is 5. The number of hydrogen-bond donors (Lipinski definition) is 0. The largest absolute Gasteiger partial charge is 0.135 e. The van der Waals surface area contributed by atoms with Crippen molar-refractivity contribution in [1.82, 2.24) is 0 Å². The summed E-state index contributed by atoms with van der Waals surface area (Å²) in [6.07, 6.45) is 0. The van der Waals surface area contributed by atoms with Gasteiger partial charge in [-0.15, -0.1) is 11.3 Å². The predicted molar refractivity (Wildman–Crippen MR) is 171 cm³/mol. The van der Waals surface area contributed by atoms with Gasteiger partial charge in [0.25, 0.3) is 0 Å². The Balaban J connectivity index is 1.51. The molecule has 0 aliphatic carbocycles. The second kappa shape index (κ2) is 8.94. The molecule has 0 fully saturated rings. The standard InChI is InChI=1S/C38H24S/c1-3-11-25(12-4-1)27-19-22-33-34(23-27)38(28-20-21-30-29-15-9-10-18-35(29)39-36(30)24-28)32-17-8-7-16-31(32)37(33)26-13-5-2-6-14-26/h1-24H. The quantitative estimate of drug-likeness (QED) is 0.207. The first-order valence-electron chi connectivity index (χ1n) is 13.4. The monoisotopic (exact) mass is 512 g/mol. The van der Waals surface area contributed by atoms with Gasteiger partial charge < -0.3 is 0 Å². The summed E-state index contributed by atoms with van der Waals surface area (Å²) in [5.74, 6) is 0. The van der Waals surface area contributed by atoms with E-state index in [1.165, 1.54) is 75.1 Å². The van der Waals surface area contributed by atoms with Gasteiger partial charge in [-0.05, 0) is 73.1 Å². The highest BCUT2D eigenvalue weighted by Crippen LogP contribution is 2.46. The molecule has 0 spiro atoms. The lowest BCUT2D eigenvalue weighted by Gasteiger charge is -2.19. The zero-order chi connectivity index (χ0) is 25.8. The third-order valence-corrected chi connectivity index (χ3v) is 8.99. The van der Waals surface area contributed by atoms with Crippen LogP contribution in [0.15, 0.2) is 146 Å². The van der Waals surface area contributed by atoms with Gasteiger partial charge in [0.1, 0.15) is 0 Å². The molecule has 0 saturated carbocycles. The van der Waals surface area contributed by atoms with E-state index < -0.39 is 0 Å². The summed E-state index contributed by atoms with van der Waals surface area (Å²) in [4.78, 5) is 0. The van der Waals surface area contributed by atoms with Gasteiger partial charge in [-0.3, -0.25) is 0 Å². The van der Waals surface area contributed by atoms with Gasteiger partial charge in [-0.2, -0.15) is 0 Å². The van der Waals surface area contributed by atoms with Gasteiger partial charge in [0.15, 0.2) is 0 Å². The Hall–Kier alpha value is -4.72. The highest BCUT2D eigenvalue weighted by molar-refractivity contribution is 7.25. The molecule has 0 aliphatic heterocycles. The van der Waals surface area contributed by atoms with E-state index in [0.29, 0.717) is 0 Å². The number of benzene rings is 7. The molecule has 7 aromatic carbocycles. The fraction of sp³-hybridized carbons (Fsp3) is 0. The predicted octanol–water partition coefficient (Wildman–Crippen LogP) is 11.4. The van der Waals surface area contributed by atoms with Crippen LogP contribution in [0.25, 0.3) is 75.1 Å². The average molecular weight is 513 g/mol. The van der Waals surface area contributed by atoms with Crippen LogP contribution < -0.4 is 0 Å². The van der Waals surface area contributed by atoms with E-state index in [-0.39, 0.29) is 0 Å². The molecule has 8 aromatic rings. The Labute approximate surface area is 231 Å². The first-order chi connectivity index (χ1) is 19.3. The molecule has 8 rings (SSSR count). The molecule has 0 N–H and O–H groups in total. The van der Waals surface area contributed by atoms with E-state index in [1.807, 2.05) is 11.3 Å². The van der Waals surface area contributed by atoms with Crippen LogP contribution in [0.4, 0.5) is 0 Å². The molecule has 1 aromatic heterocycles. The lowest BCUT2D eigenvalue weighted by molar-refractivity contribution is 1.63.